The van der Waals surface area contributed by atoms with Crippen LogP contribution in [0.3, 0.4) is 0 Å². The summed E-state index contributed by atoms with van der Waals surface area (Å²) in [5.41, 5.74) is 0. The lowest BCUT2D eigenvalue weighted by atomic mass is 10.3. The van der Waals surface area contributed by atoms with E-state index in [-0.39, 0.29) is 5.78 Å². The second-order valence-corrected chi connectivity index (χ2v) is 5.45. The van der Waals surface area contributed by atoms with Crippen LogP contribution in [0, 0.1) is 11.8 Å². The Hall–Kier alpha value is -1.41. The van der Waals surface area contributed by atoms with Gasteiger partial charge in [0.15, 0.2) is 5.78 Å². The molecule has 0 amide bonds. The van der Waals surface area contributed by atoms with Crippen LogP contribution < -0.4 is 0 Å². The Bertz CT molecular complexity index is 596. The summed E-state index contributed by atoms with van der Waals surface area (Å²) in [7, 11) is 0. The van der Waals surface area contributed by atoms with E-state index < -0.39 is 6.61 Å². The van der Waals surface area contributed by atoms with Crippen molar-refractivity contribution in [3.63, 3.8) is 0 Å². The molecule has 0 bridgehead atoms. The maximum atomic E-state index is 11.3. The molecule has 0 aliphatic heterocycles. The third-order valence-electron chi connectivity index (χ3n) is 2.12. The van der Waals surface area contributed by atoms with Crippen molar-refractivity contribution in [3.8, 4) is 21.6 Å². The molecule has 0 aromatic carbocycles. The SMILES string of the molecule is CC#Cc1ccc(-c2ccc(C(=O)CO)s2)s1. The standard InChI is InChI=1S/C13H10O2S2/c1-2-3-9-4-5-12(16-9)13-7-6-11(17-13)10(15)8-14/h4-7,14H,8H2,1H3. The zero-order chi connectivity index (χ0) is 12.3. The summed E-state index contributed by atoms with van der Waals surface area (Å²) >= 11 is 3.01. The molecule has 0 saturated carbocycles. The van der Waals surface area contributed by atoms with Crippen LogP contribution >= 0.6 is 22.7 Å². The Morgan fingerprint density at radius 3 is 2.65 bits per heavy atom. The van der Waals surface area contributed by atoms with E-state index in [1.807, 2.05) is 25.1 Å². The van der Waals surface area contributed by atoms with Gasteiger partial charge in [0, 0.05) is 9.75 Å². The van der Waals surface area contributed by atoms with Gasteiger partial charge in [-0.25, -0.2) is 0 Å². The molecule has 0 fully saturated rings. The fourth-order valence-electron chi connectivity index (χ4n) is 1.36. The van der Waals surface area contributed by atoms with Crippen LogP contribution in [0.1, 0.15) is 21.5 Å². The number of aliphatic hydroxyl groups excluding tert-OH is 1. The number of rotatable bonds is 3. The van der Waals surface area contributed by atoms with Crippen LogP contribution in [0.15, 0.2) is 24.3 Å². The van der Waals surface area contributed by atoms with Crippen LogP contribution in [-0.2, 0) is 0 Å². The van der Waals surface area contributed by atoms with Crippen LogP contribution in [-0.4, -0.2) is 17.5 Å². The molecule has 2 nitrogen and oxygen atoms in total. The lowest BCUT2D eigenvalue weighted by Crippen LogP contribution is -2.00. The van der Waals surface area contributed by atoms with Gasteiger partial charge >= 0.3 is 0 Å². The molecule has 1 N–H and O–H groups in total. The highest BCUT2D eigenvalue weighted by molar-refractivity contribution is 7.23. The van der Waals surface area contributed by atoms with Gasteiger partial charge in [-0.15, -0.1) is 28.6 Å². The Morgan fingerprint density at radius 1 is 1.24 bits per heavy atom. The van der Waals surface area contributed by atoms with Gasteiger partial charge in [0.25, 0.3) is 0 Å². The maximum Gasteiger partial charge on any atom is 0.198 e. The van der Waals surface area contributed by atoms with Crippen molar-refractivity contribution in [3.05, 3.63) is 34.0 Å². The molecule has 0 unspecified atom stereocenters. The van der Waals surface area contributed by atoms with Gasteiger partial charge in [0.1, 0.15) is 6.61 Å². The highest BCUT2D eigenvalue weighted by Gasteiger charge is 2.10. The number of Topliss-reactive ketones (excluding diaryl/α,β-unsaturated/α-hetero) is 1. The molecular formula is C13H10O2S2. The summed E-state index contributed by atoms with van der Waals surface area (Å²) in [6.45, 7) is 1.37. The Balaban J connectivity index is 2.29. The van der Waals surface area contributed by atoms with Crippen molar-refractivity contribution < 1.29 is 9.90 Å². The van der Waals surface area contributed by atoms with Crippen LogP contribution in [0.25, 0.3) is 9.75 Å². The zero-order valence-electron chi connectivity index (χ0n) is 9.19. The van der Waals surface area contributed by atoms with Gasteiger partial charge in [-0.2, -0.15) is 0 Å². The number of carbonyl (C=O) groups excluding carboxylic acids is 1. The Morgan fingerprint density at radius 2 is 1.94 bits per heavy atom. The van der Waals surface area contributed by atoms with Crippen LogP contribution in [0.5, 0.6) is 0 Å². The quantitative estimate of drug-likeness (QED) is 0.682. The molecule has 17 heavy (non-hydrogen) atoms. The maximum absolute atomic E-state index is 11.3. The van der Waals surface area contributed by atoms with E-state index >= 15 is 0 Å². The molecule has 2 heterocycles. The third kappa shape index (κ3) is 2.64. The van der Waals surface area contributed by atoms with Gasteiger partial charge < -0.3 is 5.11 Å². The van der Waals surface area contributed by atoms with E-state index in [4.69, 9.17) is 5.11 Å². The number of ketones is 1. The monoisotopic (exact) mass is 262 g/mol. The van der Waals surface area contributed by atoms with E-state index in [1.165, 1.54) is 11.3 Å². The molecule has 0 spiro atoms. The first-order valence-corrected chi connectivity index (χ1v) is 6.64. The molecular weight excluding hydrogens is 252 g/mol. The number of aliphatic hydroxyl groups is 1. The normalized spacial score (nSPS) is 9.76. The van der Waals surface area contributed by atoms with Crippen molar-refractivity contribution in [2.45, 2.75) is 6.92 Å². The second-order valence-electron chi connectivity index (χ2n) is 3.28. The van der Waals surface area contributed by atoms with Gasteiger partial charge in [-0.05, 0) is 31.2 Å². The average molecular weight is 262 g/mol. The molecule has 86 valence electrons. The first-order chi connectivity index (χ1) is 8.24. The molecule has 0 atom stereocenters. The predicted octanol–water partition coefficient (Wildman–Crippen LogP) is 3.02. The third-order valence-corrected chi connectivity index (χ3v) is 4.44. The highest BCUT2D eigenvalue weighted by Crippen LogP contribution is 2.33. The molecule has 2 aromatic rings. The largest absolute Gasteiger partial charge is 0.388 e. The fraction of sp³-hybridized carbons (Fsp3) is 0.154. The smallest absolute Gasteiger partial charge is 0.198 e. The van der Waals surface area contributed by atoms with Crippen molar-refractivity contribution in [1.29, 1.82) is 0 Å². The summed E-state index contributed by atoms with van der Waals surface area (Å²) in [5, 5.41) is 8.78. The number of hydrogen-bond donors (Lipinski definition) is 1. The molecule has 2 rings (SSSR count). The first-order valence-electron chi connectivity index (χ1n) is 5.01. The second kappa shape index (κ2) is 5.28. The number of thiophene rings is 2. The molecule has 0 aliphatic rings. The van der Waals surface area contributed by atoms with Gasteiger partial charge in [0.2, 0.25) is 0 Å². The van der Waals surface area contributed by atoms with Crippen LogP contribution in [0.2, 0.25) is 0 Å². The Kier molecular flexibility index (Phi) is 3.75. The van der Waals surface area contributed by atoms with E-state index in [2.05, 4.69) is 11.8 Å². The molecule has 4 heteroatoms. The fourth-order valence-corrected chi connectivity index (χ4v) is 3.30. The topological polar surface area (TPSA) is 37.3 Å². The predicted molar refractivity (Wildman–Crippen MR) is 71.6 cm³/mol. The van der Waals surface area contributed by atoms with E-state index in [9.17, 15) is 4.79 Å². The lowest BCUT2D eigenvalue weighted by molar-refractivity contribution is 0.0908. The summed E-state index contributed by atoms with van der Waals surface area (Å²) < 4.78 is 0. The minimum atomic E-state index is -0.434. The van der Waals surface area contributed by atoms with Crippen molar-refractivity contribution >= 4 is 28.5 Å². The highest BCUT2D eigenvalue weighted by atomic mass is 32.1. The summed E-state index contributed by atoms with van der Waals surface area (Å²) in [6, 6.07) is 7.64. The molecule has 0 radical (unpaired) electrons. The van der Waals surface area contributed by atoms with Gasteiger partial charge in [-0.3, -0.25) is 4.79 Å². The summed E-state index contributed by atoms with van der Waals surface area (Å²) in [4.78, 5) is 15.1. The average Bonchev–Trinajstić information content (AvgIpc) is 2.96. The van der Waals surface area contributed by atoms with E-state index in [1.54, 1.807) is 17.4 Å². The summed E-state index contributed by atoms with van der Waals surface area (Å²) in [6.07, 6.45) is 0. The lowest BCUT2D eigenvalue weighted by Gasteiger charge is -1.90. The van der Waals surface area contributed by atoms with Crippen molar-refractivity contribution in [1.82, 2.24) is 0 Å². The van der Waals surface area contributed by atoms with E-state index in [0.717, 1.165) is 14.6 Å². The van der Waals surface area contributed by atoms with E-state index in [0.29, 0.717) is 4.88 Å². The molecule has 0 saturated heterocycles. The van der Waals surface area contributed by atoms with Gasteiger partial charge in [-0.1, -0.05) is 5.92 Å². The number of carbonyl (C=O) groups is 1. The van der Waals surface area contributed by atoms with Crippen molar-refractivity contribution in [2.24, 2.45) is 0 Å². The van der Waals surface area contributed by atoms with Gasteiger partial charge in [0.05, 0.1) is 9.75 Å². The number of hydrogen-bond acceptors (Lipinski definition) is 4. The van der Waals surface area contributed by atoms with Crippen molar-refractivity contribution in [2.75, 3.05) is 6.61 Å². The Labute approximate surface area is 108 Å². The zero-order valence-corrected chi connectivity index (χ0v) is 10.8. The summed E-state index contributed by atoms with van der Waals surface area (Å²) in [5.74, 6) is 5.63. The first kappa shape index (κ1) is 12.1. The molecule has 0 aliphatic carbocycles. The molecule has 2 aromatic heterocycles. The van der Waals surface area contributed by atoms with Crippen LogP contribution in [0.4, 0.5) is 0 Å². The minimum Gasteiger partial charge on any atom is -0.388 e. The minimum absolute atomic E-state index is 0.230.